The number of benzene rings is 2. The number of rotatable bonds is 4. The van der Waals surface area contributed by atoms with E-state index in [0.717, 1.165) is 28.2 Å². The molecule has 1 aromatic heterocycles. The molecule has 0 amide bonds. The summed E-state index contributed by atoms with van der Waals surface area (Å²) in [4.78, 5) is 4.47. The third-order valence-corrected chi connectivity index (χ3v) is 3.86. The van der Waals surface area contributed by atoms with Gasteiger partial charge >= 0.3 is 0 Å². The summed E-state index contributed by atoms with van der Waals surface area (Å²) in [5.41, 5.74) is 2.32. The standard InChI is InChI=1S/C17H15BrN2O/c1-21-16-8-2-13(3-9-16)12-20-11-10-19-17(20)14-4-6-15(18)7-5-14/h2-11H,12H2,1H3. The summed E-state index contributed by atoms with van der Waals surface area (Å²) in [5.74, 6) is 1.84. The second-order valence-electron chi connectivity index (χ2n) is 4.73. The lowest BCUT2D eigenvalue weighted by molar-refractivity contribution is 0.414. The second kappa shape index (κ2) is 6.14. The average molecular weight is 343 g/mol. The molecular formula is C17H15BrN2O. The Kier molecular flexibility index (Phi) is 4.06. The third-order valence-electron chi connectivity index (χ3n) is 3.33. The van der Waals surface area contributed by atoms with Crippen molar-refractivity contribution in [1.82, 2.24) is 9.55 Å². The Morgan fingerprint density at radius 1 is 1.05 bits per heavy atom. The van der Waals surface area contributed by atoms with Crippen LogP contribution in [0.5, 0.6) is 5.75 Å². The quantitative estimate of drug-likeness (QED) is 0.703. The molecule has 0 atom stereocenters. The lowest BCUT2D eigenvalue weighted by Gasteiger charge is -2.09. The monoisotopic (exact) mass is 342 g/mol. The minimum absolute atomic E-state index is 0.787. The van der Waals surface area contributed by atoms with E-state index in [4.69, 9.17) is 4.74 Å². The zero-order chi connectivity index (χ0) is 14.7. The predicted molar refractivity (Wildman–Crippen MR) is 87.5 cm³/mol. The van der Waals surface area contributed by atoms with E-state index >= 15 is 0 Å². The molecule has 0 saturated heterocycles. The molecule has 0 unspecified atom stereocenters. The lowest BCUT2D eigenvalue weighted by atomic mass is 10.2. The van der Waals surface area contributed by atoms with Crippen molar-refractivity contribution < 1.29 is 4.74 Å². The van der Waals surface area contributed by atoms with E-state index in [0.29, 0.717) is 0 Å². The molecule has 4 heteroatoms. The van der Waals surface area contributed by atoms with Crippen LogP contribution in [0.25, 0.3) is 11.4 Å². The Hall–Kier alpha value is -2.07. The van der Waals surface area contributed by atoms with Crippen LogP contribution < -0.4 is 4.74 Å². The highest BCUT2D eigenvalue weighted by Crippen LogP contribution is 2.21. The lowest BCUT2D eigenvalue weighted by Crippen LogP contribution is -2.01. The van der Waals surface area contributed by atoms with E-state index in [9.17, 15) is 0 Å². The number of aromatic nitrogens is 2. The molecule has 0 fully saturated rings. The van der Waals surface area contributed by atoms with Crippen molar-refractivity contribution in [3.05, 3.63) is 71.0 Å². The number of methoxy groups -OCH3 is 1. The maximum atomic E-state index is 5.19. The highest BCUT2D eigenvalue weighted by Gasteiger charge is 2.06. The predicted octanol–water partition coefficient (Wildman–Crippen LogP) is 4.37. The minimum atomic E-state index is 0.787. The van der Waals surface area contributed by atoms with E-state index in [1.165, 1.54) is 5.56 Å². The van der Waals surface area contributed by atoms with Gasteiger partial charge in [-0.15, -0.1) is 0 Å². The van der Waals surface area contributed by atoms with E-state index in [1.54, 1.807) is 7.11 Å². The maximum Gasteiger partial charge on any atom is 0.140 e. The molecular weight excluding hydrogens is 328 g/mol. The molecule has 0 aliphatic rings. The smallest absolute Gasteiger partial charge is 0.140 e. The molecule has 2 aromatic carbocycles. The van der Waals surface area contributed by atoms with E-state index in [2.05, 4.69) is 49.7 Å². The van der Waals surface area contributed by atoms with Gasteiger partial charge in [-0.1, -0.05) is 40.2 Å². The average Bonchev–Trinajstić information content (AvgIpc) is 2.97. The SMILES string of the molecule is COc1ccc(Cn2ccnc2-c2ccc(Br)cc2)cc1. The minimum Gasteiger partial charge on any atom is -0.497 e. The van der Waals surface area contributed by atoms with Gasteiger partial charge in [0.15, 0.2) is 0 Å². The van der Waals surface area contributed by atoms with Gasteiger partial charge in [0.25, 0.3) is 0 Å². The fraction of sp³-hybridized carbons (Fsp3) is 0.118. The zero-order valence-electron chi connectivity index (χ0n) is 11.7. The van der Waals surface area contributed by atoms with Gasteiger partial charge in [-0.3, -0.25) is 0 Å². The topological polar surface area (TPSA) is 27.1 Å². The van der Waals surface area contributed by atoms with Crippen LogP contribution in [0.1, 0.15) is 5.56 Å². The first-order valence-corrected chi connectivity index (χ1v) is 7.45. The molecule has 3 rings (SSSR count). The number of hydrogen-bond donors (Lipinski definition) is 0. The molecule has 3 aromatic rings. The highest BCUT2D eigenvalue weighted by atomic mass is 79.9. The van der Waals surface area contributed by atoms with E-state index < -0.39 is 0 Å². The van der Waals surface area contributed by atoms with Crippen LogP contribution in [0.3, 0.4) is 0 Å². The van der Waals surface area contributed by atoms with Crippen molar-refractivity contribution in [1.29, 1.82) is 0 Å². The molecule has 0 aliphatic carbocycles. The van der Waals surface area contributed by atoms with Gasteiger partial charge in [0, 0.05) is 29.0 Å². The molecule has 0 bridgehead atoms. The van der Waals surface area contributed by atoms with Crippen molar-refractivity contribution in [2.75, 3.05) is 7.11 Å². The van der Waals surface area contributed by atoms with Crippen LogP contribution in [0.2, 0.25) is 0 Å². The van der Waals surface area contributed by atoms with Gasteiger partial charge in [0.1, 0.15) is 11.6 Å². The summed E-state index contributed by atoms with van der Waals surface area (Å²) in [6, 6.07) is 16.3. The van der Waals surface area contributed by atoms with Crippen LogP contribution in [-0.2, 0) is 6.54 Å². The van der Waals surface area contributed by atoms with Gasteiger partial charge in [-0.2, -0.15) is 0 Å². The van der Waals surface area contributed by atoms with Crippen LogP contribution >= 0.6 is 15.9 Å². The first-order chi connectivity index (χ1) is 10.3. The number of imidazole rings is 1. The molecule has 0 radical (unpaired) electrons. The first-order valence-electron chi connectivity index (χ1n) is 6.66. The van der Waals surface area contributed by atoms with Gasteiger partial charge < -0.3 is 9.30 Å². The molecule has 21 heavy (non-hydrogen) atoms. The van der Waals surface area contributed by atoms with Crippen molar-refractivity contribution >= 4 is 15.9 Å². The Morgan fingerprint density at radius 3 is 2.43 bits per heavy atom. The first kappa shape index (κ1) is 13.9. The maximum absolute atomic E-state index is 5.19. The van der Waals surface area contributed by atoms with Crippen LogP contribution in [0.4, 0.5) is 0 Å². The Balaban J connectivity index is 1.86. The van der Waals surface area contributed by atoms with Gasteiger partial charge in [-0.25, -0.2) is 4.98 Å². The molecule has 1 heterocycles. The Bertz CT molecular complexity index is 717. The van der Waals surface area contributed by atoms with Crippen molar-refractivity contribution in [3.8, 4) is 17.1 Å². The van der Waals surface area contributed by atoms with E-state index in [1.807, 2.05) is 36.7 Å². The molecule has 0 spiro atoms. The van der Waals surface area contributed by atoms with Crippen molar-refractivity contribution in [3.63, 3.8) is 0 Å². The van der Waals surface area contributed by atoms with Crippen LogP contribution in [0, 0.1) is 0 Å². The third kappa shape index (κ3) is 3.16. The normalized spacial score (nSPS) is 10.6. The van der Waals surface area contributed by atoms with Crippen LogP contribution in [0.15, 0.2) is 65.4 Å². The zero-order valence-corrected chi connectivity index (χ0v) is 13.2. The summed E-state index contributed by atoms with van der Waals surface area (Å²) in [5, 5.41) is 0. The molecule has 0 aliphatic heterocycles. The highest BCUT2D eigenvalue weighted by molar-refractivity contribution is 9.10. The Labute approximate surface area is 132 Å². The number of ether oxygens (including phenoxy) is 1. The van der Waals surface area contributed by atoms with E-state index in [-0.39, 0.29) is 0 Å². The van der Waals surface area contributed by atoms with Crippen LogP contribution in [-0.4, -0.2) is 16.7 Å². The fourth-order valence-corrected chi connectivity index (χ4v) is 2.49. The molecule has 106 valence electrons. The number of nitrogens with zero attached hydrogens (tertiary/aromatic N) is 2. The fourth-order valence-electron chi connectivity index (χ4n) is 2.22. The molecule has 0 N–H and O–H groups in total. The Morgan fingerprint density at radius 2 is 1.76 bits per heavy atom. The summed E-state index contributed by atoms with van der Waals surface area (Å²) >= 11 is 3.46. The van der Waals surface area contributed by atoms with Gasteiger partial charge in [-0.05, 0) is 29.8 Å². The van der Waals surface area contributed by atoms with Crippen molar-refractivity contribution in [2.24, 2.45) is 0 Å². The summed E-state index contributed by atoms with van der Waals surface area (Å²) < 4.78 is 8.40. The van der Waals surface area contributed by atoms with Crippen molar-refractivity contribution in [2.45, 2.75) is 6.54 Å². The molecule has 0 saturated carbocycles. The van der Waals surface area contributed by atoms with Gasteiger partial charge in [0.2, 0.25) is 0 Å². The summed E-state index contributed by atoms with van der Waals surface area (Å²) in [7, 11) is 1.68. The summed E-state index contributed by atoms with van der Waals surface area (Å²) in [6.45, 7) is 0.787. The number of halogens is 1. The largest absolute Gasteiger partial charge is 0.497 e. The number of hydrogen-bond acceptors (Lipinski definition) is 2. The second-order valence-corrected chi connectivity index (χ2v) is 5.65. The molecule has 3 nitrogen and oxygen atoms in total. The summed E-state index contributed by atoms with van der Waals surface area (Å²) in [6.07, 6.45) is 3.84. The van der Waals surface area contributed by atoms with Gasteiger partial charge in [0.05, 0.1) is 7.11 Å².